The van der Waals surface area contributed by atoms with Gasteiger partial charge >= 0.3 is 12.4 Å². The quantitative estimate of drug-likeness (QED) is 0.206. The maximum atomic E-state index is 13.7. The molecule has 0 bridgehead atoms. The van der Waals surface area contributed by atoms with E-state index in [2.05, 4.69) is 32.3 Å². The number of piperazine rings is 1. The van der Waals surface area contributed by atoms with Crippen LogP contribution in [0, 0.1) is 3.70 Å². The van der Waals surface area contributed by atoms with Crippen molar-refractivity contribution in [1.82, 2.24) is 24.9 Å². The van der Waals surface area contributed by atoms with Gasteiger partial charge in [0.25, 0.3) is 5.91 Å². The van der Waals surface area contributed by atoms with Crippen LogP contribution in [0.3, 0.4) is 0 Å². The molecule has 2 saturated heterocycles. The second-order valence-electron chi connectivity index (χ2n) is 9.99. The average molecular weight is 722 g/mol. The number of hydrogen-bond acceptors (Lipinski definition) is 6. The number of amides is 1. The van der Waals surface area contributed by atoms with Crippen molar-refractivity contribution in [3.8, 4) is 0 Å². The second kappa shape index (κ2) is 12.2. The lowest BCUT2D eigenvalue weighted by molar-refractivity contribution is -0.143. The fourth-order valence-corrected chi connectivity index (χ4v) is 6.24. The summed E-state index contributed by atoms with van der Waals surface area (Å²) in [5, 5.41) is 8.28. The highest BCUT2D eigenvalue weighted by atomic mass is 127. The smallest absolute Gasteiger partial charge is 0.304 e. The number of thioether (sulfide) groups is 1. The first-order valence-electron chi connectivity index (χ1n) is 12.9. The summed E-state index contributed by atoms with van der Waals surface area (Å²) in [5.41, 5.74) is -1.87. The third-order valence-corrected chi connectivity index (χ3v) is 8.75. The number of carbonyl (C=O) groups excluding carboxylic acids is 1. The SMILES string of the molecule is CN1CCN(CCN=C2NC(=O)C(=Cc3ccc4c(c3)c(I)nn4Cc3ccc(C(F)(F)F)cc3C(F)(F)F)S2)CC1. The molecule has 0 radical (unpaired) electrons. The topological polar surface area (TPSA) is 65.8 Å². The highest BCUT2D eigenvalue weighted by molar-refractivity contribution is 14.1. The van der Waals surface area contributed by atoms with Crippen molar-refractivity contribution in [2.75, 3.05) is 46.3 Å². The zero-order chi connectivity index (χ0) is 30.2. The zero-order valence-electron chi connectivity index (χ0n) is 22.2. The Morgan fingerprint density at radius 1 is 1.05 bits per heavy atom. The number of carbonyl (C=O) groups is 1. The van der Waals surface area contributed by atoms with Crippen LogP contribution in [0.1, 0.15) is 22.3 Å². The minimum atomic E-state index is -4.97. The molecular weight excluding hydrogens is 697 g/mol. The molecule has 0 aliphatic carbocycles. The number of aromatic nitrogens is 2. The van der Waals surface area contributed by atoms with Gasteiger partial charge in [-0.1, -0.05) is 12.1 Å². The lowest BCUT2D eigenvalue weighted by Gasteiger charge is -2.31. The number of benzene rings is 2. The number of rotatable bonds is 6. The molecule has 1 amide bonds. The van der Waals surface area contributed by atoms with E-state index in [0.717, 1.165) is 38.8 Å². The molecule has 0 unspecified atom stereocenters. The second-order valence-corrected chi connectivity index (χ2v) is 12.0. The molecular formula is C27H25F6IN6OS. The van der Waals surface area contributed by atoms with Gasteiger partial charge in [0.2, 0.25) is 0 Å². The van der Waals surface area contributed by atoms with Crippen molar-refractivity contribution in [3.63, 3.8) is 0 Å². The van der Waals surface area contributed by atoms with Crippen LogP contribution in [-0.4, -0.2) is 77.0 Å². The summed E-state index contributed by atoms with van der Waals surface area (Å²) in [6.07, 6.45) is -8.17. The summed E-state index contributed by atoms with van der Waals surface area (Å²) in [4.78, 5) is 22.1. The van der Waals surface area contributed by atoms with Crippen molar-refractivity contribution >= 4 is 62.4 Å². The lowest BCUT2D eigenvalue weighted by atomic mass is 10.0. The van der Waals surface area contributed by atoms with E-state index in [1.165, 1.54) is 16.4 Å². The van der Waals surface area contributed by atoms with Gasteiger partial charge in [0.05, 0.1) is 34.6 Å². The summed E-state index contributed by atoms with van der Waals surface area (Å²) >= 11 is 3.19. The number of amidine groups is 1. The van der Waals surface area contributed by atoms with E-state index in [4.69, 9.17) is 0 Å². The van der Waals surface area contributed by atoms with Crippen molar-refractivity contribution in [3.05, 3.63) is 67.3 Å². The van der Waals surface area contributed by atoms with Crippen LogP contribution in [-0.2, 0) is 23.7 Å². The van der Waals surface area contributed by atoms with Gasteiger partial charge in [-0.2, -0.15) is 31.4 Å². The first kappa shape index (κ1) is 30.8. The summed E-state index contributed by atoms with van der Waals surface area (Å²) in [6.45, 7) is 5.00. The Hall–Kier alpha value is -2.63. The largest absolute Gasteiger partial charge is 0.416 e. The molecule has 224 valence electrons. The van der Waals surface area contributed by atoms with Crippen LogP contribution in [0.15, 0.2) is 46.3 Å². The molecule has 5 rings (SSSR count). The summed E-state index contributed by atoms with van der Waals surface area (Å²) in [5.74, 6) is -0.272. The van der Waals surface area contributed by atoms with Gasteiger partial charge in [0, 0.05) is 38.1 Å². The third-order valence-electron chi connectivity index (χ3n) is 7.01. The molecule has 1 N–H and O–H groups in total. The van der Waals surface area contributed by atoms with Crippen LogP contribution >= 0.6 is 34.4 Å². The van der Waals surface area contributed by atoms with Crippen molar-refractivity contribution in [1.29, 1.82) is 0 Å². The molecule has 3 aromatic rings. The number of nitrogens with zero attached hydrogens (tertiary/aromatic N) is 5. The van der Waals surface area contributed by atoms with Crippen LogP contribution in [0.2, 0.25) is 0 Å². The minimum absolute atomic E-state index is 0.130. The monoisotopic (exact) mass is 722 g/mol. The first-order chi connectivity index (χ1) is 19.8. The highest BCUT2D eigenvalue weighted by Crippen LogP contribution is 2.38. The average Bonchev–Trinajstić information content (AvgIpc) is 3.42. The molecule has 2 aliphatic rings. The van der Waals surface area contributed by atoms with E-state index in [1.807, 2.05) is 22.6 Å². The van der Waals surface area contributed by atoms with Gasteiger partial charge in [-0.05, 0) is 82.9 Å². The molecule has 0 atom stereocenters. The van der Waals surface area contributed by atoms with E-state index >= 15 is 0 Å². The van der Waals surface area contributed by atoms with Crippen LogP contribution in [0.4, 0.5) is 26.3 Å². The third kappa shape index (κ3) is 7.11. The van der Waals surface area contributed by atoms with E-state index in [9.17, 15) is 31.1 Å². The molecule has 0 spiro atoms. The van der Waals surface area contributed by atoms with Crippen LogP contribution in [0.5, 0.6) is 0 Å². The Kier molecular flexibility index (Phi) is 8.93. The summed E-state index contributed by atoms with van der Waals surface area (Å²) < 4.78 is 82.0. The molecule has 7 nitrogen and oxygen atoms in total. The normalized spacial score (nSPS) is 19.4. The van der Waals surface area contributed by atoms with Crippen LogP contribution in [0.25, 0.3) is 17.0 Å². The number of hydrogen-bond donors (Lipinski definition) is 1. The number of alkyl halides is 6. The molecule has 2 fully saturated rings. The van der Waals surface area contributed by atoms with E-state index in [1.54, 1.807) is 24.3 Å². The molecule has 1 aromatic heterocycles. The fourth-order valence-electron chi connectivity index (χ4n) is 4.70. The Balaban J connectivity index is 1.32. The molecule has 15 heteroatoms. The minimum Gasteiger partial charge on any atom is -0.304 e. The van der Waals surface area contributed by atoms with Crippen molar-refractivity contribution in [2.45, 2.75) is 18.9 Å². The van der Waals surface area contributed by atoms with Gasteiger partial charge < -0.3 is 10.2 Å². The van der Waals surface area contributed by atoms with Crippen LogP contribution < -0.4 is 5.32 Å². The number of likely N-dealkylation sites (N-methyl/N-ethyl adjacent to an activating group) is 1. The van der Waals surface area contributed by atoms with E-state index < -0.39 is 23.5 Å². The molecule has 42 heavy (non-hydrogen) atoms. The van der Waals surface area contributed by atoms with Gasteiger partial charge in [0.15, 0.2) is 5.17 Å². The van der Waals surface area contributed by atoms with Gasteiger partial charge in [0.1, 0.15) is 3.70 Å². The van der Waals surface area contributed by atoms with E-state index in [-0.39, 0.29) is 24.1 Å². The van der Waals surface area contributed by atoms with Gasteiger partial charge in [-0.3, -0.25) is 19.4 Å². The molecule has 2 aliphatic heterocycles. The lowest BCUT2D eigenvalue weighted by Crippen LogP contribution is -2.45. The van der Waals surface area contributed by atoms with Crippen molar-refractivity contribution < 1.29 is 31.1 Å². The van der Waals surface area contributed by atoms with Crippen molar-refractivity contribution in [2.24, 2.45) is 4.99 Å². The van der Waals surface area contributed by atoms with E-state index in [0.29, 0.717) is 42.9 Å². The number of halogens is 7. The Labute approximate surface area is 255 Å². The summed E-state index contributed by atoms with van der Waals surface area (Å²) in [7, 11) is 2.09. The van der Waals surface area contributed by atoms with Gasteiger partial charge in [-0.25, -0.2) is 0 Å². The standard InChI is InChI=1S/C27H25F6IN6OS/c1-38-8-10-39(11-9-38)7-6-35-25-36-24(41)22(42-25)13-16-2-5-21-19(12-16)23(34)37-40(21)15-17-3-4-18(26(28,29)30)14-20(17)27(31,32)33/h2-5,12-14H,6-11,15H2,1H3,(H,35,36,41). The fraction of sp³-hybridized carbons (Fsp3) is 0.370. The Morgan fingerprint density at radius 3 is 2.48 bits per heavy atom. The summed E-state index contributed by atoms with van der Waals surface area (Å²) in [6, 6.07) is 6.74. The maximum absolute atomic E-state index is 13.7. The Bertz CT molecular complexity index is 1560. The predicted octanol–water partition coefficient (Wildman–Crippen LogP) is 5.53. The van der Waals surface area contributed by atoms with Gasteiger partial charge in [-0.15, -0.1) is 0 Å². The zero-order valence-corrected chi connectivity index (χ0v) is 25.2. The molecule has 3 heterocycles. The predicted molar refractivity (Wildman–Crippen MR) is 158 cm³/mol. The number of nitrogens with one attached hydrogen (secondary N) is 1. The number of fused-ring (bicyclic) bond motifs is 1. The Morgan fingerprint density at radius 2 is 1.79 bits per heavy atom. The highest BCUT2D eigenvalue weighted by Gasteiger charge is 2.38. The molecule has 0 saturated carbocycles. The molecule has 2 aromatic carbocycles. The first-order valence-corrected chi connectivity index (χ1v) is 14.8. The maximum Gasteiger partial charge on any atom is 0.416 e. The number of aliphatic imine (C=N–C) groups is 1.